The maximum Gasteiger partial charge on any atom is 0.238 e. The second-order valence-corrected chi connectivity index (χ2v) is 8.41. The van der Waals surface area contributed by atoms with Crippen LogP contribution in [0, 0.1) is 5.92 Å². The molecule has 4 nitrogen and oxygen atoms in total. The fraction of sp³-hybridized carbons (Fsp3) is 0.529. The van der Waals surface area contributed by atoms with E-state index in [9.17, 15) is 8.42 Å². The quantitative estimate of drug-likeness (QED) is 0.925. The van der Waals surface area contributed by atoms with Gasteiger partial charge in [-0.05, 0) is 61.9 Å². The molecule has 0 aromatic heterocycles. The van der Waals surface area contributed by atoms with Gasteiger partial charge in [0.05, 0.1) is 4.91 Å². The normalized spacial score (nSPS) is 22.3. The summed E-state index contributed by atoms with van der Waals surface area (Å²) >= 11 is 0. The fourth-order valence-corrected chi connectivity index (χ4v) is 4.79. The van der Waals surface area contributed by atoms with Gasteiger partial charge >= 0.3 is 0 Å². The predicted octanol–water partition coefficient (Wildman–Crippen LogP) is 2.23. The highest BCUT2D eigenvalue weighted by molar-refractivity contribution is 7.93. The van der Waals surface area contributed by atoms with Crippen molar-refractivity contribution < 1.29 is 8.42 Å². The summed E-state index contributed by atoms with van der Waals surface area (Å²) in [5.41, 5.74) is 2.28. The van der Waals surface area contributed by atoms with E-state index in [2.05, 4.69) is 11.4 Å². The molecule has 0 amide bonds. The van der Waals surface area contributed by atoms with Crippen LogP contribution >= 0.6 is 0 Å². The molecule has 120 valence electrons. The van der Waals surface area contributed by atoms with Crippen molar-refractivity contribution in [2.24, 2.45) is 5.92 Å². The van der Waals surface area contributed by atoms with Crippen LogP contribution in [-0.4, -0.2) is 39.4 Å². The Bertz CT molecular complexity index is 661. The third-order valence-electron chi connectivity index (χ3n) is 4.67. The lowest BCUT2D eigenvalue weighted by Crippen LogP contribution is -2.39. The van der Waals surface area contributed by atoms with Crippen molar-refractivity contribution in [3.05, 3.63) is 40.3 Å². The van der Waals surface area contributed by atoms with E-state index in [1.54, 1.807) is 11.4 Å². The molecule has 0 spiro atoms. The molecule has 0 saturated carbocycles. The Kier molecular flexibility index (Phi) is 4.66. The Balaban J connectivity index is 1.76. The molecule has 1 N–H and O–H groups in total. The Morgan fingerprint density at radius 3 is 2.86 bits per heavy atom. The van der Waals surface area contributed by atoms with Crippen LogP contribution in [-0.2, 0) is 16.4 Å². The molecule has 0 radical (unpaired) electrons. The number of aryl methyl sites for hydroxylation is 1. The van der Waals surface area contributed by atoms with E-state index in [0.29, 0.717) is 23.8 Å². The molecule has 22 heavy (non-hydrogen) atoms. The van der Waals surface area contributed by atoms with Gasteiger partial charge in [0.25, 0.3) is 0 Å². The van der Waals surface area contributed by atoms with Crippen LogP contribution in [0.2, 0.25) is 0 Å². The van der Waals surface area contributed by atoms with Crippen LogP contribution < -0.4 is 5.32 Å². The fourth-order valence-electron chi connectivity index (χ4n) is 3.35. The summed E-state index contributed by atoms with van der Waals surface area (Å²) in [6.07, 6.45) is 5.50. The summed E-state index contributed by atoms with van der Waals surface area (Å²) in [7, 11) is -1.62. The maximum atomic E-state index is 12.8. The number of hydrogen-bond donors (Lipinski definition) is 1. The lowest BCUT2D eigenvalue weighted by molar-refractivity contribution is 0.316. The van der Waals surface area contributed by atoms with Crippen molar-refractivity contribution in [1.29, 1.82) is 0 Å². The zero-order valence-electron chi connectivity index (χ0n) is 13.1. The highest BCUT2D eigenvalue weighted by Crippen LogP contribution is 2.29. The first-order valence-electron chi connectivity index (χ1n) is 8.03. The van der Waals surface area contributed by atoms with Crippen molar-refractivity contribution >= 4 is 16.1 Å². The highest BCUT2D eigenvalue weighted by atomic mass is 32.2. The topological polar surface area (TPSA) is 49.4 Å². The number of allylic oxidation sites excluding steroid dienone is 1. The lowest BCUT2D eigenvalue weighted by Gasteiger charge is -2.28. The van der Waals surface area contributed by atoms with Crippen LogP contribution in [0.25, 0.3) is 6.08 Å². The van der Waals surface area contributed by atoms with E-state index >= 15 is 0 Å². The predicted molar refractivity (Wildman–Crippen MR) is 89.9 cm³/mol. The number of nitrogens with one attached hydrogen (secondary N) is 1. The number of rotatable bonds is 4. The molecule has 1 saturated heterocycles. The molecule has 1 aliphatic heterocycles. The minimum Gasteiger partial charge on any atom is -0.316 e. The minimum atomic E-state index is -3.34. The first-order valence-corrected chi connectivity index (χ1v) is 9.47. The van der Waals surface area contributed by atoms with Crippen LogP contribution in [0.15, 0.2) is 29.2 Å². The molecule has 1 fully saturated rings. The molecule has 1 heterocycles. The van der Waals surface area contributed by atoms with Gasteiger partial charge in [0, 0.05) is 13.6 Å². The zero-order valence-corrected chi connectivity index (χ0v) is 13.9. The number of benzene rings is 1. The van der Waals surface area contributed by atoms with Crippen molar-refractivity contribution in [2.45, 2.75) is 25.7 Å². The number of hydrogen-bond acceptors (Lipinski definition) is 3. The average Bonchev–Trinajstić information content (AvgIpc) is 2.55. The second-order valence-electron chi connectivity index (χ2n) is 6.31. The summed E-state index contributed by atoms with van der Waals surface area (Å²) in [4.78, 5) is 0.553. The molecule has 3 rings (SSSR count). The summed E-state index contributed by atoms with van der Waals surface area (Å²) in [5.74, 6) is 0.421. The summed E-state index contributed by atoms with van der Waals surface area (Å²) < 4.78 is 27.2. The molecule has 1 aromatic carbocycles. The number of fused-ring (bicyclic) bond motifs is 1. The minimum absolute atomic E-state index is 0.421. The Hall–Kier alpha value is -1.17. The second kappa shape index (κ2) is 6.52. The highest BCUT2D eigenvalue weighted by Gasteiger charge is 2.28. The van der Waals surface area contributed by atoms with Gasteiger partial charge in [0.15, 0.2) is 0 Å². The van der Waals surface area contributed by atoms with Crippen LogP contribution in [0.1, 0.15) is 30.4 Å². The van der Waals surface area contributed by atoms with Crippen molar-refractivity contribution in [3.63, 3.8) is 0 Å². The zero-order chi connectivity index (χ0) is 15.6. The molecule has 2 aliphatic rings. The van der Waals surface area contributed by atoms with Gasteiger partial charge in [-0.1, -0.05) is 24.3 Å². The largest absolute Gasteiger partial charge is 0.316 e. The molecule has 0 bridgehead atoms. The standard InChI is InChI=1S/C17H24N2O2S/c1-19(13-14-5-4-10-18-12-14)22(20,21)17-9-8-15-6-2-3-7-16(15)11-17/h2-3,6-7,11,14,18H,4-5,8-10,12-13H2,1H3. The van der Waals surface area contributed by atoms with Crippen molar-refractivity contribution in [2.75, 3.05) is 26.7 Å². The third kappa shape index (κ3) is 3.26. The molecule has 5 heteroatoms. The van der Waals surface area contributed by atoms with Crippen molar-refractivity contribution in [1.82, 2.24) is 9.62 Å². The van der Waals surface area contributed by atoms with E-state index in [-0.39, 0.29) is 0 Å². The molecular weight excluding hydrogens is 296 g/mol. The van der Waals surface area contributed by atoms with Crippen molar-refractivity contribution in [3.8, 4) is 0 Å². The number of piperidine rings is 1. The molecular formula is C17H24N2O2S. The van der Waals surface area contributed by atoms with Gasteiger partial charge in [-0.25, -0.2) is 12.7 Å². The molecule has 1 aromatic rings. The van der Waals surface area contributed by atoms with E-state index in [4.69, 9.17) is 0 Å². The van der Waals surface area contributed by atoms with Gasteiger partial charge in [-0.15, -0.1) is 0 Å². The molecule has 1 unspecified atom stereocenters. The summed E-state index contributed by atoms with van der Waals surface area (Å²) in [5, 5.41) is 3.35. The average molecular weight is 320 g/mol. The maximum absolute atomic E-state index is 12.8. The van der Waals surface area contributed by atoms with Gasteiger partial charge in [-0.3, -0.25) is 0 Å². The smallest absolute Gasteiger partial charge is 0.238 e. The van der Waals surface area contributed by atoms with Gasteiger partial charge < -0.3 is 5.32 Å². The monoisotopic (exact) mass is 320 g/mol. The Morgan fingerprint density at radius 2 is 2.09 bits per heavy atom. The summed E-state index contributed by atoms with van der Waals surface area (Å²) in [6, 6.07) is 8.04. The van der Waals surface area contributed by atoms with Crippen LogP contribution in [0.4, 0.5) is 0 Å². The van der Waals surface area contributed by atoms with Gasteiger partial charge in [-0.2, -0.15) is 0 Å². The van der Waals surface area contributed by atoms with Crippen LogP contribution in [0.5, 0.6) is 0 Å². The van der Waals surface area contributed by atoms with E-state index in [1.165, 1.54) is 5.56 Å². The van der Waals surface area contributed by atoms with Crippen LogP contribution in [0.3, 0.4) is 0 Å². The van der Waals surface area contributed by atoms with E-state index in [1.807, 2.05) is 24.3 Å². The SMILES string of the molecule is CN(CC1CCCNC1)S(=O)(=O)C1=Cc2ccccc2CC1. The number of sulfonamides is 1. The molecule has 1 atom stereocenters. The third-order valence-corrected chi connectivity index (χ3v) is 6.62. The van der Waals surface area contributed by atoms with E-state index < -0.39 is 10.0 Å². The lowest BCUT2D eigenvalue weighted by atomic mass is 9.98. The first-order chi connectivity index (χ1) is 10.6. The van der Waals surface area contributed by atoms with Gasteiger partial charge in [0.1, 0.15) is 0 Å². The van der Waals surface area contributed by atoms with E-state index in [0.717, 1.165) is 37.9 Å². The first kappa shape index (κ1) is 15.7. The van der Waals surface area contributed by atoms with Gasteiger partial charge in [0.2, 0.25) is 10.0 Å². The molecule has 1 aliphatic carbocycles. The Morgan fingerprint density at radius 1 is 1.27 bits per heavy atom. The Labute approximate surface area is 133 Å². The number of nitrogens with zero attached hydrogens (tertiary/aromatic N) is 1. The summed E-state index contributed by atoms with van der Waals surface area (Å²) in [6.45, 7) is 2.57.